The molecule has 13 heavy (non-hydrogen) atoms. The van der Waals surface area contributed by atoms with Crippen molar-refractivity contribution in [2.45, 2.75) is 6.42 Å². The monoisotopic (exact) mass is 178 g/mol. The molecule has 0 aromatic carbocycles. The number of carbonyl (C=O) groups is 1. The molecule has 5 heteroatoms. The molecule has 0 spiro atoms. The highest BCUT2D eigenvalue weighted by Gasteiger charge is 2.07. The van der Waals surface area contributed by atoms with E-state index in [1.165, 1.54) is 0 Å². The highest BCUT2D eigenvalue weighted by Crippen LogP contribution is 2.07. The third kappa shape index (κ3) is 1.64. The molecule has 0 N–H and O–H groups in total. The van der Waals surface area contributed by atoms with Crippen LogP contribution in [-0.4, -0.2) is 16.4 Å². The summed E-state index contributed by atoms with van der Waals surface area (Å²) < 4.78 is 9.84. The average molecular weight is 178 g/mol. The summed E-state index contributed by atoms with van der Waals surface area (Å²) in [6, 6.07) is 3.57. The summed E-state index contributed by atoms with van der Waals surface area (Å²) in [5.74, 6) is 1.15. The second-order valence-electron chi connectivity index (χ2n) is 2.42. The maximum Gasteiger partial charge on any atom is 0.235 e. The molecule has 0 aliphatic rings. The number of aromatic nitrogens is 2. The first kappa shape index (κ1) is 7.72. The normalized spacial score (nSPS) is 10.2. The largest absolute Gasteiger partial charge is 0.469 e. The van der Waals surface area contributed by atoms with Crippen molar-refractivity contribution in [1.29, 1.82) is 0 Å². The minimum atomic E-state index is 0.0570. The lowest BCUT2D eigenvalue weighted by Crippen LogP contribution is -1.86. The molecule has 5 nitrogen and oxygen atoms in total. The molecular formula is C8H6N2O3. The Morgan fingerprint density at radius 3 is 3.08 bits per heavy atom. The number of aldehydes is 1. The predicted octanol–water partition coefficient (Wildman–Crippen LogP) is 1.07. The quantitative estimate of drug-likeness (QED) is 0.657. The molecule has 0 saturated heterocycles. The summed E-state index contributed by atoms with van der Waals surface area (Å²) >= 11 is 0. The standard InChI is InChI=1S/C8H6N2O3/c11-5-7-9-8(13-10-7)4-6-2-1-3-12-6/h1-3,5H,4H2. The number of carbonyl (C=O) groups excluding carboxylic acids is 1. The molecule has 2 rings (SSSR count). The molecule has 0 unspecified atom stereocenters. The second-order valence-corrected chi connectivity index (χ2v) is 2.42. The zero-order valence-electron chi connectivity index (χ0n) is 6.64. The van der Waals surface area contributed by atoms with Crippen LogP contribution in [0, 0.1) is 0 Å². The van der Waals surface area contributed by atoms with Crippen LogP contribution in [-0.2, 0) is 6.42 Å². The van der Waals surface area contributed by atoms with Crippen LogP contribution >= 0.6 is 0 Å². The Morgan fingerprint density at radius 1 is 1.54 bits per heavy atom. The molecule has 0 saturated carbocycles. The summed E-state index contributed by atoms with van der Waals surface area (Å²) in [7, 11) is 0. The SMILES string of the molecule is O=Cc1noc(Cc2ccco2)n1. The Labute approximate surface area is 73.4 Å². The van der Waals surface area contributed by atoms with Gasteiger partial charge in [0.25, 0.3) is 0 Å². The van der Waals surface area contributed by atoms with E-state index in [0.717, 1.165) is 5.76 Å². The van der Waals surface area contributed by atoms with E-state index in [0.29, 0.717) is 18.6 Å². The average Bonchev–Trinajstić information content (AvgIpc) is 2.76. The topological polar surface area (TPSA) is 69.1 Å². The molecule has 0 aliphatic carbocycles. The fourth-order valence-corrected chi connectivity index (χ4v) is 0.950. The molecule has 0 aliphatic heterocycles. The van der Waals surface area contributed by atoms with Crippen molar-refractivity contribution in [3.8, 4) is 0 Å². The molecule has 2 heterocycles. The summed E-state index contributed by atoms with van der Waals surface area (Å²) in [6.07, 6.45) is 2.51. The molecule has 2 aromatic rings. The molecule has 2 aromatic heterocycles. The number of hydrogen-bond acceptors (Lipinski definition) is 5. The number of nitrogens with zero attached hydrogens (tertiary/aromatic N) is 2. The molecule has 0 radical (unpaired) electrons. The summed E-state index contributed by atoms with van der Waals surface area (Å²) in [4.78, 5) is 14.0. The first-order valence-corrected chi connectivity index (χ1v) is 3.68. The fraction of sp³-hybridized carbons (Fsp3) is 0.125. The first-order chi connectivity index (χ1) is 6.38. The minimum Gasteiger partial charge on any atom is -0.469 e. The second kappa shape index (κ2) is 3.22. The maximum absolute atomic E-state index is 10.2. The van der Waals surface area contributed by atoms with Gasteiger partial charge in [-0.2, -0.15) is 4.98 Å². The van der Waals surface area contributed by atoms with Crippen molar-refractivity contribution >= 4 is 6.29 Å². The van der Waals surface area contributed by atoms with Crippen molar-refractivity contribution in [2.75, 3.05) is 0 Å². The van der Waals surface area contributed by atoms with Crippen LogP contribution in [0.3, 0.4) is 0 Å². The number of furan rings is 1. The minimum absolute atomic E-state index is 0.0570. The highest BCUT2D eigenvalue weighted by molar-refractivity contribution is 5.68. The van der Waals surface area contributed by atoms with Crippen LogP contribution in [0.4, 0.5) is 0 Å². The molecule has 66 valence electrons. The van der Waals surface area contributed by atoms with Crippen LogP contribution in [0.1, 0.15) is 22.3 Å². The van der Waals surface area contributed by atoms with Crippen LogP contribution in [0.15, 0.2) is 27.3 Å². The van der Waals surface area contributed by atoms with Crippen molar-refractivity contribution in [2.24, 2.45) is 0 Å². The van der Waals surface area contributed by atoms with Gasteiger partial charge in [0, 0.05) is 0 Å². The van der Waals surface area contributed by atoms with Gasteiger partial charge >= 0.3 is 0 Å². The Hall–Kier alpha value is -1.91. The zero-order valence-corrected chi connectivity index (χ0v) is 6.64. The summed E-state index contributed by atoms with van der Waals surface area (Å²) in [6.45, 7) is 0. The van der Waals surface area contributed by atoms with E-state index in [4.69, 9.17) is 8.94 Å². The molecular weight excluding hydrogens is 172 g/mol. The van der Waals surface area contributed by atoms with Gasteiger partial charge in [-0.3, -0.25) is 4.79 Å². The number of hydrogen-bond donors (Lipinski definition) is 0. The third-order valence-electron chi connectivity index (χ3n) is 1.49. The van der Waals surface area contributed by atoms with Crippen molar-refractivity contribution in [3.05, 3.63) is 35.9 Å². The van der Waals surface area contributed by atoms with Crippen molar-refractivity contribution in [1.82, 2.24) is 10.1 Å². The summed E-state index contributed by atoms with van der Waals surface area (Å²) in [5, 5.41) is 3.42. The van der Waals surface area contributed by atoms with E-state index in [1.807, 2.05) is 0 Å². The predicted molar refractivity (Wildman–Crippen MR) is 41.2 cm³/mol. The van der Waals surface area contributed by atoms with Crippen LogP contribution in [0.25, 0.3) is 0 Å². The highest BCUT2D eigenvalue weighted by atomic mass is 16.5. The third-order valence-corrected chi connectivity index (χ3v) is 1.49. The van der Waals surface area contributed by atoms with Gasteiger partial charge in [0.1, 0.15) is 5.76 Å². The maximum atomic E-state index is 10.2. The van der Waals surface area contributed by atoms with E-state index < -0.39 is 0 Å². The van der Waals surface area contributed by atoms with E-state index in [1.54, 1.807) is 18.4 Å². The van der Waals surface area contributed by atoms with Crippen LogP contribution in [0.5, 0.6) is 0 Å². The Kier molecular flexibility index (Phi) is 1.91. The zero-order chi connectivity index (χ0) is 9.10. The molecule has 0 fully saturated rings. The Morgan fingerprint density at radius 2 is 2.46 bits per heavy atom. The molecule has 0 amide bonds. The van der Waals surface area contributed by atoms with Gasteiger partial charge in [0.05, 0.1) is 12.7 Å². The smallest absolute Gasteiger partial charge is 0.235 e. The van der Waals surface area contributed by atoms with Gasteiger partial charge in [0.2, 0.25) is 11.7 Å². The van der Waals surface area contributed by atoms with Crippen molar-refractivity contribution in [3.63, 3.8) is 0 Å². The van der Waals surface area contributed by atoms with Gasteiger partial charge in [0.15, 0.2) is 6.29 Å². The van der Waals surface area contributed by atoms with Gasteiger partial charge in [-0.25, -0.2) is 0 Å². The molecule has 0 bridgehead atoms. The Bertz CT molecular complexity index is 391. The molecule has 0 atom stereocenters. The van der Waals surface area contributed by atoms with E-state index >= 15 is 0 Å². The van der Waals surface area contributed by atoms with Crippen LogP contribution in [0.2, 0.25) is 0 Å². The fourth-order valence-electron chi connectivity index (χ4n) is 0.950. The Balaban J connectivity index is 2.14. The lowest BCUT2D eigenvalue weighted by atomic mass is 10.3. The van der Waals surface area contributed by atoms with Crippen LogP contribution < -0.4 is 0 Å². The van der Waals surface area contributed by atoms with Gasteiger partial charge in [-0.05, 0) is 12.1 Å². The lowest BCUT2D eigenvalue weighted by Gasteiger charge is -1.86. The van der Waals surface area contributed by atoms with Gasteiger partial charge in [-0.15, -0.1) is 0 Å². The van der Waals surface area contributed by atoms with E-state index in [-0.39, 0.29) is 5.82 Å². The lowest BCUT2D eigenvalue weighted by molar-refractivity contribution is 0.111. The van der Waals surface area contributed by atoms with E-state index in [9.17, 15) is 4.79 Å². The van der Waals surface area contributed by atoms with Gasteiger partial charge < -0.3 is 8.94 Å². The van der Waals surface area contributed by atoms with Crippen molar-refractivity contribution < 1.29 is 13.7 Å². The van der Waals surface area contributed by atoms with Gasteiger partial charge in [-0.1, -0.05) is 5.16 Å². The van der Waals surface area contributed by atoms with E-state index in [2.05, 4.69) is 10.1 Å². The first-order valence-electron chi connectivity index (χ1n) is 3.68. The number of rotatable bonds is 3. The summed E-state index contributed by atoms with van der Waals surface area (Å²) in [5.41, 5.74) is 0.